The van der Waals surface area contributed by atoms with E-state index in [-0.39, 0.29) is 6.23 Å². The van der Waals surface area contributed by atoms with Crippen molar-refractivity contribution in [2.45, 2.75) is 26.5 Å². The zero-order valence-corrected chi connectivity index (χ0v) is 11.7. The van der Waals surface area contributed by atoms with Gasteiger partial charge in [-0.05, 0) is 6.42 Å². The molecule has 0 aliphatic carbocycles. The first-order chi connectivity index (χ1) is 9.79. The lowest BCUT2D eigenvalue weighted by atomic mass is 10.1. The molecule has 0 bridgehead atoms. The second-order valence-electron chi connectivity index (χ2n) is 5.00. The Morgan fingerprint density at radius 1 is 1.30 bits per heavy atom. The summed E-state index contributed by atoms with van der Waals surface area (Å²) in [6, 6.07) is 10.1. The van der Waals surface area contributed by atoms with Gasteiger partial charge < -0.3 is 9.15 Å². The summed E-state index contributed by atoms with van der Waals surface area (Å²) in [6.45, 7) is 4.34. The van der Waals surface area contributed by atoms with Crippen LogP contribution in [0.2, 0.25) is 0 Å². The van der Waals surface area contributed by atoms with E-state index in [1.54, 1.807) is 6.20 Å². The summed E-state index contributed by atoms with van der Waals surface area (Å²) in [7, 11) is 0. The van der Waals surface area contributed by atoms with Gasteiger partial charge in [0.05, 0.1) is 12.4 Å². The van der Waals surface area contributed by atoms with Crippen molar-refractivity contribution < 1.29 is 9.15 Å². The van der Waals surface area contributed by atoms with E-state index in [0.29, 0.717) is 11.8 Å². The molecule has 0 saturated carbocycles. The largest absolute Gasteiger partial charge is 0.468 e. The summed E-state index contributed by atoms with van der Waals surface area (Å²) in [5.74, 6) is 1.96. The fraction of sp³-hybridized carbons (Fsp3) is 0.312. The van der Waals surface area contributed by atoms with Gasteiger partial charge in [0, 0.05) is 11.5 Å². The quantitative estimate of drug-likeness (QED) is 0.845. The molecule has 1 aromatic carbocycles. The Morgan fingerprint density at radius 2 is 2.10 bits per heavy atom. The number of hydrogen-bond acceptors (Lipinski definition) is 4. The van der Waals surface area contributed by atoms with Gasteiger partial charge in [-0.1, -0.05) is 44.2 Å². The Morgan fingerprint density at radius 3 is 2.75 bits per heavy atom. The lowest BCUT2D eigenvalue weighted by Crippen LogP contribution is -2.33. The van der Waals surface area contributed by atoms with Crippen LogP contribution in [0.3, 0.4) is 0 Å². The van der Waals surface area contributed by atoms with Gasteiger partial charge in [-0.2, -0.15) is 0 Å². The van der Waals surface area contributed by atoms with Gasteiger partial charge in [-0.15, -0.1) is 0 Å². The topological polar surface area (TPSA) is 38.5 Å². The molecule has 0 fully saturated rings. The van der Waals surface area contributed by atoms with Gasteiger partial charge in [0.1, 0.15) is 5.76 Å². The number of hydrogen-bond donors (Lipinski definition) is 0. The number of nitrogens with zero attached hydrogens (tertiary/aromatic N) is 2. The average Bonchev–Trinajstić information content (AvgIpc) is 3.16. The van der Waals surface area contributed by atoms with Crippen LogP contribution in [0.5, 0.6) is 0 Å². The molecule has 2 atom stereocenters. The second-order valence-corrected chi connectivity index (χ2v) is 5.00. The van der Waals surface area contributed by atoms with Gasteiger partial charge in [0.25, 0.3) is 0 Å². The summed E-state index contributed by atoms with van der Waals surface area (Å²) in [6.07, 6.45) is 6.13. The average molecular weight is 270 g/mol. The third-order valence-electron chi connectivity index (χ3n) is 3.64. The molecule has 0 saturated heterocycles. The molecule has 2 heterocycles. The van der Waals surface area contributed by atoms with E-state index in [2.05, 4.69) is 18.8 Å². The van der Waals surface area contributed by atoms with Crippen LogP contribution in [-0.2, 0) is 4.74 Å². The van der Waals surface area contributed by atoms with Gasteiger partial charge in [-0.25, -0.2) is 4.98 Å². The standard InChI is InChI=1S/C16H18N2O2/c1-3-12(2)16-18(15-9-17-11-19-15)10-14(20-16)13-7-5-4-6-8-13/h4-12,16H,3H2,1-2H3. The molecule has 0 radical (unpaired) electrons. The fourth-order valence-corrected chi connectivity index (χ4v) is 2.28. The van der Waals surface area contributed by atoms with E-state index >= 15 is 0 Å². The first-order valence-electron chi connectivity index (χ1n) is 6.90. The van der Waals surface area contributed by atoms with Gasteiger partial charge in [-0.3, -0.25) is 4.90 Å². The summed E-state index contributed by atoms with van der Waals surface area (Å²) in [5, 5.41) is 0. The maximum Gasteiger partial charge on any atom is 0.223 e. The highest BCUT2D eigenvalue weighted by Gasteiger charge is 2.33. The number of ether oxygens (including phenoxy) is 1. The first kappa shape index (κ1) is 12.8. The lowest BCUT2D eigenvalue weighted by molar-refractivity contribution is 0.129. The Bertz CT molecular complexity index is 578. The molecule has 4 nitrogen and oxygen atoms in total. The Balaban J connectivity index is 1.93. The molecule has 0 amide bonds. The van der Waals surface area contributed by atoms with Crippen molar-refractivity contribution in [2.24, 2.45) is 5.92 Å². The molecule has 20 heavy (non-hydrogen) atoms. The van der Waals surface area contributed by atoms with Crippen LogP contribution < -0.4 is 4.90 Å². The molecule has 0 spiro atoms. The van der Waals surface area contributed by atoms with Crippen molar-refractivity contribution >= 4 is 11.6 Å². The fourth-order valence-electron chi connectivity index (χ4n) is 2.28. The van der Waals surface area contributed by atoms with E-state index < -0.39 is 0 Å². The molecule has 0 N–H and O–H groups in total. The van der Waals surface area contributed by atoms with Crippen LogP contribution >= 0.6 is 0 Å². The zero-order valence-electron chi connectivity index (χ0n) is 11.7. The maximum absolute atomic E-state index is 6.14. The predicted molar refractivity (Wildman–Crippen MR) is 77.7 cm³/mol. The Hall–Kier alpha value is -2.23. The summed E-state index contributed by atoms with van der Waals surface area (Å²) < 4.78 is 11.6. The molecule has 1 aliphatic heterocycles. The first-order valence-corrected chi connectivity index (χ1v) is 6.90. The van der Waals surface area contributed by atoms with Crippen LogP contribution in [0.15, 0.2) is 53.5 Å². The predicted octanol–water partition coefficient (Wildman–Crippen LogP) is 3.88. The SMILES string of the molecule is CCC(C)C1OC(c2ccccc2)=CN1c1cnco1. The minimum atomic E-state index is -0.0526. The molecular weight excluding hydrogens is 252 g/mol. The van der Waals surface area contributed by atoms with Crippen LogP contribution in [0.4, 0.5) is 5.88 Å². The van der Waals surface area contributed by atoms with Gasteiger partial charge in [0.2, 0.25) is 5.88 Å². The van der Waals surface area contributed by atoms with Crippen molar-refractivity contribution in [3.63, 3.8) is 0 Å². The Labute approximate surface area is 118 Å². The van der Waals surface area contributed by atoms with Crippen molar-refractivity contribution in [1.82, 2.24) is 4.98 Å². The number of anilines is 1. The smallest absolute Gasteiger partial charge is 0.223 e. The summed E-state index contributed by atoms with van der Waals surface area (Å²) in [5.41, 5.74) is 1.07. The third kappa shape index (κ3) is 2.29. The van der Waals surface area contributed by atoms with Crippen LogP contribution in [-0.4, -0.2) is 11.2 Å². The molecule has 2 aromatic rings. The molecule has 4 heteroatoms. The zero-order chi connectivity index (χ0) is 13.9. The third-order valence-corrected chi connectivity index (χ3v) is 3.64. The van der Waals surface area contributed by atoms with Gasteiger partial charge in [0.15, 0.2) is 12.6 Å². The van der Waals surface area contributed by atoms with Crippen LogP contribution in [0, 0.1) is 5.92 Å². The molecule has 3 rings (SSSR count). The Kier molecular flexibility index (Phi) is 3.46. The molecular formula is C16H18N2O2. The van der Waals surface area contributed by atoms with Gasteiger partial charge >= 0.3 is 0 Å². The van der Waals surface area contributed by atoms with Crippen molar-refractivity contribution in [1.29, 1.82) is 0 Å². The van der Waals surface area contributed by atoms with Crippen molar-refractivity contribution in [3.8, 4) is 0 Å². The number of oxazole rings is 1. The molecule has 1 aliphatic rings. The highest BCUT2D eigenvalue weighted by molar-refractivity contribution is 5.66. The lowest BCUT2D eigenvalue weighted by Gasteiger charge is -2.26. The maximum atomic E-state index is 6.14. The summed E-state index contributed by atoms with van der Waals surface area (Å²) >= 11 is 0. The van der Waals surface area contributed by atoms with E-state index in [1.165, 1.54) is 6.39 Å². The minimum absolute atomic E-state index is 0.0526. The molecule has 1 aromatic heterocycles. The molecule has 2 unspecified atom stereocenters. The normalized spacial score (nSPS) is 19.6. The van der Waals surface area contributed by atoms with E-state index in [1.807, 2.05) is 41.4 Å². The number of aromatic nitrogens is 1. The van der Waals surface area contributed by atoms with Crippen LogP contribution in [0.1, 0.15) is 25.8 Å². The highest BCUT2D eigenvalue weighted by Crippen LogP contribution is 2.34. The minimum Gasteiger partial charge on any atom is -0.468 e. The van der Waals surface area contributed by atoms with Crippen molar-refractivity contribution in [3.05, 3.63) is 54.7 Å². The van der Waals surface area contributed by atoms with E-state index in [9.17, 15) is 0 Å². The number of rotatable bonds is 4. The van der Waals surface area contributed by atoms with E-state index in [0.717, 1.165) is 17.7 Å². The van der Waals surface area contributed by atoms with Crippen molar-refractivity contribution in [2.75, 3.05) is 4.90 Å². The highest BCUT2D eigenvalue weighted by atomic mass is 16.5. The monoisotopic (exact) mass is 270 g/mol. The molecule has 104 valence electrons. The van der Waals surface area contributed by atoms with E-state index in [4.69, 9.17) is 9.15 Å². The summed E-state index contributed by atoms with van der Waals surface area (Å²) in [4.78, 5) is 6.01. The van der Waals surface area contributed by atoms with Crippen LogP contribution in [0.25, 0.3) is 5.76 Å². The second kappa shape index (κ2) is 5.41. The number of benzene rings is 1.